The molecule has 0 aliphatic carbocycles. The van der Waals surface area contributed by atoms with E-state index in [9.17, 15) is 4.79 Å². The predicted octanol–water partition coefficient (Wildman–Crippen LogP) is 1.33. The Hall–Kier alpha value is -1.03. The number of carbonyl (C=O) groups is 1. The molecule has 1 heterocycles. The molecule has 1 aliphatic heterocycles. The summed E-state index contributed by atoms with van der Waals surface area (Å²) >= 11 is 0. The minimum Gasteiger partial charge on any atom is -0.465 e. The molecule has 0 aromatic heterocycles. The number of ether oxygens (including phenoxy) is 1. The molecule has 0 spiro atoms. The van der Waals surface area contributed by atoms with Crippen molar-refractivity contribution in [1.82, 2.24) is 4.90 Å². The van der Waals surface area contributed by atoms with Gasteiger partial charge in [-0.2, -0.15) is 0 Å². The number of piperidine rings is 1. The van der Waals surface area contributed by atoms with Crippen LogP contribution in [0.15, 0.2) is 12.7 Å². The Balaban J connectivity index is 2.22. The van der Waals surface area contributed by atoms with E-state index in [1.54, 1.807) is 6.08 Å². The van der Waals surface area contributed by atoms with Crippen molar-refractivity contribution < 1.29 is 14.6 Å². The molecule has 1 N–H and O–H groups in total. The van der Waals surface area contributed by atoms with Gasteiger partial charge in [-0.3, -0.25) is 0 Å². The van der Waals surface area contributed by atoms with Crippen LogP contribution >= 0.6 is 0 Å². The SMILES string of the molecule is C=CCOC1CCN(C(=O)O)CC1. The quantitative estimate of drug-likeness (QED) is 0.675. The van der Waals surface area contributed by atoms with Crippen molar-refractivity contribution in [3.05, 3.63) is 12.7 Å². The molecule has 1 fully saturated rings. The van der Waals surface area contributed by atoms with Crippen LogP contribution in [0.25, 0.3) is 0 Å². The predicted molar refractivity (Wildman–Crippen MR) is 48.8 cm³/mol. The van der Waals surface area contributed by atoms with Crippen LogP contribution in [-0.4, -0.2) is 41.9 Å². The molecular weight excluding hydrogens is 170 g/mol. The number of rotatable bonds is 3. The third kappa shape index (κ3) is 3.06. The second-order valence-electron chi connectivity index (χ2n) is 3.09. The zero-order valence-corrected chi connectivity index (χ0v) is 7.61. The van der Waals surface area contributed by atoms with Crippen molar-refractivity contribution in [2.75, 3.05) is 19.7 Å². The van der Waals surface area contributed by atoms with Gasteiger partial charge in [0.2, 0.25) is 0 Å². The highest BCUT2D eigenvalue weighted by atomic mass is 16.5. The van der Waals surface area contributed by atoms with Crippen molar-refractivity contribution in [2.24, 2.45) is 0 Å². The molecule has 1 aliphatic rings. The van der Waals surface area contributed by atoms with Gasteiger partial charge in [-0.1, -0.05) is 6.08 Å². The van der Waals surface area contributed by atoms with Gasteiger partial charge >= 0.3 is 6.09 Å². The summed E-state index contributed by atoms with van der Waals surface area (Å²) in [5.41, 5.74) is 0. The lowest BCUT2D eigenvalue weighted by Gasteiger charge is -2.29. The van der Waals surface area contributed by atoms with Crippen LogP contribution in [-0.2, 0) is 4.74 Å². The van der Waals surface area contributed by atoms with E-state index in [0.29, 0.717) is 19.7 Å². The van der Waals surface area contributed by atoms with Gasteiger partial charge < -0.3 is 14.7 Å². The van der Waals surface area contributed by atoms with Crippen molar-refractivity contribution in [3.63, 3.8) is 0 Å². The van der Waals surface area contributed by atoms with E-state index >= 15 is 0 Å². The van der Waals surface area contributed by atoms with Crippen molar-refractivity contribution in [2.45, 2.75) is 18.9 Å². The fraction of sp³-hybridized carbons (Fsp3) is 0.667. The maximum atomic E-state index is 10.5. The molecule has 1 rings (SSSR count). The van der Waals surface area contributed by atoms with Crippen LogP contribution in [0, 0.1) is 0 Å². The number of hydrogen-bond donors (Lipinski definition) is 1. The lowest BCUT2D eigenvalue weighted by molar-refractivity contribution is 0.0243. The van der Waals surface area contributed by atoms with Gasteiger partial charge in [0.25, 0.3) is 0 Å². The maximum Gasteiger partial charge on any atom is 0.407 e. The fourth-order valence-electron chi connectivity index (χ4n) is 1.42. The summed E-state index contributed by atoms with van der Waals surface area (Å²) in [6.45, 7) is 5.27. The van der Waals surface area contributed by atoms with E-state index in [4.69, 9.17) is 9.84 Å². The summed E-state index contributed by atoms with van der Waals surface area (Å²) in [6.07, 6.45) is 2.67. The van der Waals surface area contributed by atoms with Crippen LogP contribution in [0.4, 0.5) is 4.79 Å². The Kier molecular flexibility index (Phi) is 3.76. The molecule has 4 nitrogen and oxygen atoms in total. The molecule has 0 aromatic carbocycles. The normalized spacial score (nSPS) is 18.6. The standard InChI is InChI=1S/C9H15NO3/c1-2-7-13-8-3-5-10(6-4-8)9(11)12/h2,8H,1,3-7H2,(H,11,12). The first-order valence-electron chi connectivity index (χ1n) is 4.44. The number of likely N-dealkylation sites (tertiary alicyclic amines) is 1. The van der Waals surface area contributed by atoms with Crippen LogP contribution < -0.4 is 0 Å². The summed E-state index contributed by atoms with van der Waals surface area (Å²) < 4.78 is 5.42. The Morgan fingerprint density at radius 3 is 2.69 bits per heavy atom. The Morgan fingerprint density at radius 1 is 1.62 bits per heavy atom. The number of amides is 1. The minimum atomic E-state index is -0.831. The highest BCUT2D eigenvalue weighted by Gasteiger charge is 2.21. The van der Waals surface area contributed by atoms with Gasteiger partial charge in [-0.05, 0) is 12.8 Å². The van der Waals surface area contributed by atoms with Crippen LogP contribution in [0.5, 0.6) is 0 Å². The first kappa shape index (κ1) is 10.1. The molecule has 0 aromatic rings. The van der Waals surface area contributed by atoms with E-state index < -0.39 is 6.09 Å². The van der Waals surface area contributed by atoms with E-state index in [1.165, 1.54) is 4.90 Å². The average molecular weight is 185 g/mol. The van der Waals surface area contributed by atoms with Crippen LogP contribution in [0.3, 0.4) is 0 Å². The lowest BCUT2D eigenvalue weighted by Crippen LogP contribution is -2.40. The average Bonchev–Trinajstić information content (AvgIpc) is 2.15. The Morgan fingerprint density at radius 2 is 2.23 bits per heavy atom. The van der Waals surface area contributed by atoms with Gasteiger partial charge in [-0.25, -0.2) is 4.79 Å². The van der Waals surface area contributed by atoms with Gasteiger partial charge in [0.15, 0.2) is 0 Å². The maximum absolute atomic E-state index is 10.5. The Bertz CT molecular complexity index is 185. The molecule has 74 valence electrons. The number of nitrogens with zero attached hydrogens (tertiary/aromatic N) is 1. The van der Waals surface area contributed by atoms with E-state index in [0.717, 1.165) is 12.8 Å². The summed E-state index contributed by atoms with van der Waals surface area (Å²) in [6, 6.07) is 0. The molecular formula is C9H15NO3. The van der Waals surface area contributed by atoms with Crippen molar-refractivity contribution >= 4 is 6.09 Å². The minimum absolute atomic E-state index is 0.202. The second-order valence-corrected chi connectivity index (χ2v) is 3.09. The summed E-state index contributed by atoms with van der Waals surface area (Å²) in [4.78, 5) is 12.0. The fourth-order valence-corrected chi connectivity index (χ4v) is 1.42. The molecule has 0 unspecified atom stereocenters. The zero-order valence-electron chi connectivity index (χ0n) is 7.61. The monoisotopic (exact) mass is 185 g/mol. The van der Waals surface area contributed by atoms with Crippen molar-refractivity contribution in [1.29, 1.82) is 0 Å². The summed E-state index contributed by atoms with van der Waals surface area (Å²) in [5, 5.41) is 8.67. The van der Waals surface area contributed by atoms with E-state index in [2.05, 4.69) is 6.58 Å². The van der Waals surface area contributed by atoms with E-state index in [1.807, 2.05) is 0 Å². The third-order valence-corrected chi connectivity index (χ3v) is 2.16. The van der Waals surface area contributed by atoms with E-state index in [-0.39, 0.29) is 6.10 Å². The highest BCUT2D eigenvalue weighted by molar-refractivity contribution is 5.64. The second kappa shape index (κ2) is 4.87. The topological polar surface area (TPSA) is 49.8 Å². The number of hydrogen-bond acceptors (Lipinski definition) is 2. The largest absolute Gasteiger partial charge is 0.465 e. The molecule has 0 radical (unpaired) electrons. The summed E-state index contributed by atoms with van der Waals surface area (Å²) in [5.74, 6) is 0. The third-order valence-electron chi connectivity index (χ3n) is 2.16. The zero-order chi connectivity index (χ0) is 9.68. The molecule has 4 heteroatoms. The molecule has 13 heavy (non-hydrogen) atoms. The highest BCUT2D eigenvalue weighted by Crippen LogP contribution is 2.13. The van der Waals surface area contributed by atoms with Crippen LogP contribution in [0.1, 0.15) is 12.8 Å². The van der Waals surface area contributed by atoms with Gasteiger partial charge in [0, 0.05) is 13.1 Å². The summed E-state index contributed by atoms with van der Waals surface area (Å²) in [7, 11) is 0. The molecule has 1 saturated heterocycles. The van der Waals surface area contributed by atoms with Gasteiger partial charge in [0.1, 0.15) is 0 Å². The first-order chi connectivity index (χ1) is 6.24. The molecule has 0 bridgehead atoms. The number of carboxylic acid groups (broad SMARTS) is 1. The Labute approximate surface area is 77.8 Å². The smallest absolute Gasteiger partial charge is 0.407 e. The van der Waals surface area contributed by atoms with Gasteiger partial charge in [-0.15, -0.1) is 6.58 Å². The lowest BCUT2D eigenvalue weighted by atomic mass is 10.1. The van der Waals surface area contributed by atoms with Gasteiger partial charge in [0.05, 0.1) is 12.7 Å². The van der Waals surface area contributed by atoms with Crippen molar-refractivity contribution in [3.8, 4) is 0 Å². The molecule has 1 amide bonds. The first-order valence-corrected chi connectivity index (χ1v) is 4.44. The molecule has 0 atom stereocenters. The molecule has 0 saturated carbocycles. The van der Waals surface area contributed by atoms with Crippen LogP contribution in [0.2, 0.25) is 0 Å².